The van der Waals surface area contributed by atoms with Crippen molar-refractivity contribution in [3.8, 4) is 23.0 Å². The molecule has 3 aromatic heterocycles. The number of aryl methyl sites for hydroxylation is 1. The summed E-state index contributed by atoms with van der Waals surface area (Å²) in [4.78, 5) is 59.2. The van der Waals surface area contributed by atoms with E-state index in [9.17, 15) is 22.8 Å². The Labute approximate surface area is 357 Å². The minimum absolute atomic E-state index is 0.00857. The van der Waals surface area contributed by atoms with E-state index in [1.807, 2.05) is 95.5 Å². The first-order valence-corrected chi connectivity index (χ1v) is 23.3. The Morgan fingerprint density at radius 2 is 1.78 bits per heavy atom. The molecule has 1 aliphatic heterocycles. The third-order valence-electron chi connectivity index (χ3n) is 11.0. The SMILES string of the molecule is C=C[C@@H]1C[C@]1(NC(=O)[C@@H]1C[C@@H](Oc2nc(-c3ccc(OC(C)C)cc3)nc3c2sc2ccccc23)CN1C(=O)[C@@H](Nc1nc(C)cs1)C(C)(C)C)C(=O)NS(=O)(=O)C1CC1. The van der Waals surface area contributed by atoms with Crippen molar-refractivity contribution in [1.29, 1.82) is 0 Å². The van der Waals surface area contributed by atoms with Gasteiger partial charge in [-0.2, -0.15) is 4.98 Å². The lowest BCUT2D eigenvalue weighted by Crippen LogP contribution is -2.58. The van der Waals surface area contributed by atoms with Crippen molar-refractivity contribution in [2.45, 2.75) is 102 Å². The van der Waals surface area contributed by atoms with Gasteiger partial charge in [0.25, 0.3) is 5.91 Å². The number of anilines is 1. The van der Waals surface area contributed by atoms with Crippen LogP contribution in [0.4, 0.5) is 5.13 Å². The number of rotatable bonds is 14. The minimum atomic E-state index is -3.90. The van der Waals surface area contributed by atoms with E-state index >= 15 is 0 Å². The van der Waals surface area contributed by atoms with Gasteiger partial charge in [-0.1, -0.05) is 45.0 Å². The highest BCUT2D eigenvalue weighted by atomic mass is 32.2. The number of aromatic nitrogens is 3. The number of likely N-dealkylation sites (tertiary alicyclic amines) is 1. The van der Waals surface area contributed by atoms with Gasteiger partial charge in [-0.3, -0.25) is 19.1 Å². The zero-order valence-corrected chi connectivity index (χ0v) is 36.8. The Balaban J connectivity index is 1.14. The van der Waals surface area contributed by atoms with E-state index < -0.39 is 62.1 Å². The number of nitrogens with zero attached hydrogens (tertiary/aromatic N) is 4. The fraction of sp³-hybridized carbons (Fsp3) is 0.442. The number of amides is 3. The molecule has 2 aliphatic carbocycles. The maximum Gasteiger partial charge on any atom is 0.259 e. The van der Waals surface area contributed by atoms with Gasteiger partial charge in [0.15, 0.2) is 11.0 Å². The summed E-state index contributed by atoms with van der Waals surface area (Å²) in [5.41, 5.74) is 0.111. The smallest absolute Gasteiger partial charge is 0.259 e. The van der Waals surface area contributed by atoms with Crippen molar-refractivity contribution in [3.63, 3.8) is 0 Å². The van der Waals surface area contributed by atoms with Crippen molar-refractivity contribution >= 4 is 75.9 Å². The average Bonchev–Trinajstić information content (AvgIpc) is 4.04. The van der Waals surface area contributed by atoms with E-state index in [0.717, 1.165) is 31.8 Å². The van der Waals surface area contributed by atoms with Crippen LogP contribution in [0.25, 0.3) is 31.7 Å². The summed E-state index contributed by atoms with van der Waals surface area (Å²) in [6.45, 7) is 15.5. The summed E-state index contributed by atoms with van der Waals surface area (Å²) in [5, 5.41) is 8.98. The fourth-order valence-electron chi connectivity index (χ4n) is 7.64. The van der Waals surface area contributed by atoms with Crippen LogP contribution in [0.1, 0.15) is 66.0 Å². The lowest BCUT2D eigenvalue weighted by molar-refractivity contribution is -0.141. The Morgan fingerprint density at radius 1 is 1.05 bits per heavy atom. The molecule has 14 nitrogen and oxygen atoms in total. The summed E-state index contributed by atoms with van der Waals surface area (Å²) in [7, 11) is -3.90. The number of sulfonamides is 1. The first-order valence-electron chi connectivity index (χ1n) is 20.1. The van der Waals surface area contributed by atoms with Crippen LogP contribution in [-0.2, 0) is 24.4 Å². The second kappa shape index (κ2) is 15.7. The number of thiazole rings is 1. The van der Waals surface area contributed by atoms with Gasteiger partial charge < -0.3 is 25.0 Å². The van der Waals surface area contributed by atoms with Gasteiger partial charge in [0.05, 0.1) is 29.1 Å². The van der Waals surface area contributed by atoms with Crippen LogP contribution >= 0.6 is 22.7 Å². The summed E-state index contributed by atoms with van der Waals surface area (Å²) >= 11 is 2.88. The number of hydrogen-bond donors (Lipinski definition) is 3. The molecule has 3 amide bonds. The lowest BCUT2D eigenvalue weighted by Gasteiger charge is -2.35. The predicted molar refractivity (Wildman–Crippen MR) is 234 cm³/mol. The third kappa shape index (κ3) is 8.31. The van der Waals surface area contributed by atoms with Crippen LogP contribution in [0.2, 0.25) is 0 Å². The summed E-state index contributed by atoms with van der Waals surface area (Å²) in [6.07, 6.45) is 2.01. The molecule has 0 spiro atoms. The fourth-order valence-corrected chi connectivity index (χ4v) is 10.8. The molecule has 5 atom stereocenters. The van der Waals surface area contributed by atoms with Crippen molar-refractivity contribution in [2.75, 3.05) is 11.9 Å². The first-order chi connectivity index (χ1) is 28.5. The molecule has 0 radical (unpaired) electrons. The van der Waals surface area contributed by atoms with Gasteiger partial charge in [0.1, 0.15) is 34.2 Å². The zero-order valence-electron chi connectivity index (χ0n) is 34.4. The van der Waals surface area contributed by atoms with Gasteiger partial charge in [-0.15, -0.1) is 29.3 Å². The predicted octanol–water partition coefficient (Wildman–Crippen LogP) is 6.61. The van der Waals surface area contributed by atoms with Crippen molar-refractivity contribution in [2.24, 2.45) is 11.3 Å². The molecule has 60 heavy (non-hydrogen) atoms. The highest BCUT2D eigenvalue weighted by Gasteiger charge is 2.62. The molecule has 3 fully saturated rings. The number of carbonyl (C=O) groups is 3. The molecule has 8 rings (SSSR count). The number of carbonyl (C=O) groups excluding carboxylic acids is 3. The number of benzene rings is 2. The molecule has 316 valence electrons. The van der Waals surface area contributed by atoms with Crippen LogP contribution in [0.3, 0.4) is 0 Å². The maximum absolute atomic E-state index is 14.9. The largest absolute Gasteiger partial charge is 0.491 e. The lowest BCUT2D eigenvalue weighted by atomic mass is 9.85. The maximum atomic E-state index is 14.9. The minimum Gasteiger partial charge on any atom is -0.491 e. The highest BCUT2D eigenvalue weighted by Crippen LogP contribution is 2.46. The molecule has 17 heteroatoms. The number of ether oxygens (including phenoxy) is 2. The molecule has 5 aromatic rings. The Kier molecular flexibility index (Phi) is 10.9. The summed E-state index contributed by atoms with van der Waals surface area (Å²) in [6, 6.07) is 13.6. The van der Waals surface area contributed by atoms with E-state index in [1.54, 1.807) is 0 Å². The van der Waals surface area contributed by atoms with E-state index in [1.165, 1.54) is 33.6 Å². The van der Waals surface area contributed by atoms with Crippen LogP contribution in [0, 0.1) is 18.3 Å². The topological polar surface area (TPSA) is 182 Å². The molecule has 1 saturated heterocycles. The first kappa shape index (κ1) is 41.6. The molecular formula is C43H49N7O7S3. The average molecular weight is 872 g/mol. The molecule has 2 saturated carbocycles. The molecule has 0 unspecified atom stereocenters. The highest BCUT2D eigenvalue weighted by molar-refractivity contribution is 7.91. The second-order valence-corrected chi connectivity index (χ2v) is 21.1. The molecule has 3 N–H and O–H groups in total. The van der Waals surface area contributed by atoms with E-state index in [2.05, 4.69) is 26.9 Å². The molecule has 4 heterocycles. The molecule has 0 bridgehead atoms. The zero-order chi connectivity index (χ0) is 42.7. The van der Waals surface area contributed by atoms with Gasteiger partial charge in [-0.25, -0.2) is 18.4 Å². The number of thiophene rings is 1. The van der Waals surface area contributed by atoms with Crippen molar-refractivity contribution in [1.82, 2.24) is 29.9 Å². The van der Waals surface area contributed by atoms with Gasteiger partial charge in [0, 0.05) is 33.4 Å². The molecule has 2 aromatic carbocycles. The second-order valence-electron chi connectivity index (χ2n) is 17.2. The van der Waals surface area contributed by atoms with Crippen LogP contribution in [0.5, 0.6) is 11.6 Å². The van der Waals surface area contributed by atoms with Gasteiger partial charge in [-0.05, 0) is 75.8 Å². The Bertz CT molecular complexity index is 2600. The van der Waals surface area contributed by atoms with E-state index in [-0.39, 0.29) is 31.4 Å². The third-order valence-corrected chi connectivity index (χ3v) is 14.9. The monoisotopic (exact) mass is 871 g/mol. The van der Waals surface area contributed by atoms with Gasteiger partial charge >= 0.3 is 0 Å². The molecule has 3 aliphatic rings. The summed E-state index contributed by atoms with van der Waals surface area (Å²) in [5.74, 6) is -0.801. The Morgan fingerprint density at radius 3 is 2.42 bits per heavy atom. The molecular weight excluding hydrogens is 823 g/mol. The number of hydrogen-bond acceptors (Lipinski definition) is 13. The van der Waals surface area contributed by atoms with Crippen molar-refractivity contribution < 1.29 is 32.3 Å². The number of nitrogens with one attached hydrogen (secondary N) is 3. The standard InChI is InChI=1S/C43H49N7O7S3/c1-8-26-20-43(26,40(53)49-60(54,55)29-17-18-29)48-37(51)31-19-28(21-50(31)39(52)35(42(5,6)7)46-41-44-24(4)22-58-41)57-38-34-33(30-11-9-10-12-32(30)59-34)45-36(47-38)25-13-15-27(16-14-25)56-23(2)3/h8-16,22-23,26,28-29,31,35H,1,17-21H2,2-7H3,(H,44,46)(H,48,51)(H,49,53)/t26-,28-,31+,35-,43-/m1/s1. The number of fused-ring (bicyclic) bond motifs is 3. The van der Waals surface area contributed by atoms with Crippen LogP contribution in [0.15, 0.2) is 66.6 Å². The normalized spacial score (nSPS) is 22.1. The van der Waals surface area contributed by atoms with Crippen molar-refractivity contribution in [3.05, 3.63) is 72.3 Å². The van der Waals surface area contributed by atoms with E-state index in [4.69, 9.17) is 19.4 Å². The van der Waals surface area contributed by atoms with E-state index in [0.29, 0.717) is 35.2 Å². The van der Waals surface area contributed by atoms with Crippen LogP contribution < -0.4 is 24.8 Å². The van der Waals surface area contributed by atoms with Gasteiger partial charge in [0.2, 0.25) is 27.7 Å². The Hall–Kier alpha value is -5.13. The summed E-state index contributed by atoms with van der Waals surface area (Å²) < 4.78 is 42.3. The quantitative estimate of drug-likeness (QED) is 0.102. The van der Waals surface area contributed by atoms with Crippen LogP contribution in [-0.4, -0.2) is 87.6 Å².